The van der Waals surface area contributed by atoms with Crippen LogP contribution in [0.15, 0.2) is 35.3 Å². The molecule has 1 heterocycles. The second kappa shape index (κ2) is 9.91. The molecule has 6 heteroatoms. The van der Waals surface area contributed by atoms with E-state index in [0.717, 1.165) is 32.1 Å². The second-order valence-corrected chi connectivity index (χ2v) is 6.18. The van der Waals surface area contributed by atoms with Gasteiger partial charge in [-0.2, -0.15) is 0 Å². The zero-order chi connectivity index (χ0) is 18.1. The Morgan fingerprint density at radius 2 is 1.80 bits per heavy atom. The van der Waals surface area contributed by atoms with Gasteiger partial charge in [-0.3, -0.25) is 4.99 Å². The van der Waals surface area contributed by atoms with Crippen LogP contribution in [0.3, 0.4) is 0 Å². The molecule has 6 nitrogen and oxygen atoms in total. The van der Waals surface area contributed by atoms with Crippen LogP contribution < -0.4 is 5.32 Å². The molecule has 25 heavy (non-hydrogen) atoms. The summed E-state index contributed by atoms with van der Waals surface area (Å²) in [5.74, 6) is 1.30. The minimum atomic E-state index is -0.221. The third-order valence-corrected chi connectivity index (χ3v) is 4.32. The van der Waals surface area contributed by atoms with Gasteiger partial charge < -0.3 is 19.9 Å². The molecule has 0 radical (unpaired) electrons. The first-order valence-electron chi connectivity index (χ1n) is 9.15. The SMILES string of the molecule is CCNC(=NCC(C)c1ccccc1)N1CCN(C(=O)OCC)CC1. The molecule has 1 atom stereocenters. The fraction of sp³-hybridized carbons (Fsp3) is 0.579. The Morgan fingerprint density at radius 1 is 1.16 bits per heavy atom. The van der Waals surface area contributed by atoms with E-state index >= 15 is 0 Å². The Kier molecular flexibility index (Phi) is 7.57. The van der Waals surface area contributed by atoms with Crippen molar-refractivity contribution in [1.82, 2.24) is 15.1 Å². The highest BCUT2D eigenvalue weighted by molar-refractivity contribution is 5.80. The number of carbonyl (C=O) groups excluding carboxylic acids is 1. The van der Waals surface area contributed by atoms with Gasteiger partial charge in [-0.1, -0.05) is 37.3 Å². The highest BCUT2D eigenvalue weighted by Gasteiger charge is 2.23. The summed E-state index contributed by atoms with van der Waals surface area (Å²) in [5, 5.41) is 3.37. The van der Waals surface area contributed by atoms with Crippen LogP contribution >= 0.6 is 0 Å². The normalized spacial score (nSPS) is 16.5. The van der Waals surface area contributed by atoms with E-state index in [1.165, 1.54) is 5.56 Å². The van der Waals surface area contributed by atoms with Crippen LogP contribution in [0, 0.1) is 0 Å². The van der Waals surface area contributed by atoms with Crippen molar-refractivity contribution >= 4 is 12.1 Å². The maximum atomic E-state index is 11.8. The lowest BCUT2D eigenvalue weighted by Gasteiger charge is -2.36. The fourth-order valence-corrected chi connectivity index (χ4v) is 2.85. The van der Waals surface area contributed by atoms with Gasteiger partial charge in [0.1, 0.15) is 0 Å². The van der Waals surface area contributed by atoms with E-state index in [1.54, 1.807) is 4.90 Å². The topological polar surface area (TPSA) is 57.2 Å². The molecule has 1 unspecified atom stereocenters. The molecule has 138 valence electrons. The molecule has 1 aliphatic heterocycles. The van der Waals surface area contributed by atoms with E-state index in [4.69, 9.17) is 9.73 Å². The lowest BCUT2D eigenvalue weighted by molar-refractivity contribution is 0.0914. The summed E-state index contributed by atoms with van der Waals surface area (Å²) in [6.45, 7) is 11.0. The van der Waals surface area contributed by atoms with Gasteiger partial charge in [0, 0.05) is 45.2 Å². The number of carbonyl (C=O) groups is 1. The van der Waals surface area contributed by atoms with Crippen LogP contribution in [-0.2, 0) is 4.74 Å². The number of amides is 1. The number of hydrogen-bond donors (Lipinski definition) is 1. The van der Waals surface area contributed by atoms with Crippen LogP contribution in [0.5, 0.6) is 0 Å². The van der Waals surface area contributed by atoms with Crippen LogP contribution in [0.25, 0.3) is 0 Å². The summed E-state index contributed by atoms with van der Waals surface area (Å²) >= 11 is 0. The molecule has 1 aliphatic rings. The first-order chi connectivity index (χ1) is 12.2. The van der Waals surface area contributed by atoms with Crippen LogP contribution in [0.1, 0.15) is 32.3 Å². The molecular formula is C19H30N4O2. The van der Waals surface area contributed by atoms with Gasteiger partial charge in [-0.15, -0.1) is 0 Å². The summed E-state index contributed by atoms with van der Waals surface area (Å²) in [5.41, 5.74) is 1.30. The number of hydrogen-bond acceptors (Lipinski definition) is 3. The number of ether oxygens (including phenoxy) is 1. The standard InChI is InChI=1S/C19H30N4O2/c1-4-20-18(21-15-16(3)17-9-7-6-8-10-17)22-11-13-23(14-12-22)19(24)25-5-2/h6-10,16H,4-5,11-15H2,1-3H3,(H,20,21). The van der Waals surface area contributed by atoms with Crippen LogP contribution in [-0.4, -0.2) is 67.7 Å². The summed E-state index contributed by atoms with van der Waals surface area (Å²) < 4.78 is 5.08. The molecule has 0 bridgehead atoms. The molecule has 0 spiro atoms. The molecule has 1 saturated heterocycles. The summed E-state index contributed by atoms with van der Waals surface area (Å²) in [7, 11) is 0. The molecule has 1 aromatic rings. The van der Waals surface area contributed by atoms with Gasteiger partial charge in [-0.05, 0) is 19.4 Å². The minimum absolute atomic E-state index is 0.221. The fourth-order valence-electron chi connectivity index (χ4n) is 2.85. The number of piperazine rings is 1. The molecule has 0 aromatic heterocycles. The monoisotopic (exact) mass is 346 g/mol. The van der Waals surface area contributed by atoms with Gasteiger partial charge in [-0.25, -0.2) is 4.79 Å². The van der Waals surface area contributed by atoms with Crippen molar-refractivity contribution < 1.29 is 9.53 Å². The van der Waals surface area contributed by atoms with Crippen molar-refractivity contribution in [2.45, 2.75) is 26.7 Å². The average Bonchev–Trinajstić information content (AvgIpc) is 2.66. The molecule has 1 fully saturated rings. The number of nitrogens with one attached hydrogen (secondary N) is 1. The zero-order valence-corrected chi connectivity index (χ0v) is 15.6. The first-order valence-corrected chi connectivity index (χ1v) is 9.15. The summed E-state index contributed by atoms with van der Waals surface area (Å²) in [6.07, 6.45) is -0.221. The maximum Gasteiger partial charge on any atom is 0.409 e. The van der Waals surface area contributed by atoms with E-state index < -0.39 is 0 Å². The molecule has 0 saturated carbocycles. The van der Waals surface area contributed by atoms with Gasteiger partial charge in [0.25, 0.3) is 0 Å². The number of rotatable bonds is 5. The highest BCUT2D eigenvalue weighted by atomic mass is 16.6. The average molecular weight is 346 g/mol. The number of guanidine groups is 1. The quantitative estimate of drug-likeness (QED) is 0.657. The van der Waals surface area contributed by atoms with Crippen molar-refractivity contribution in [2.75, 3.05) is 45.9 Å². The third kappa shape index (κ3) is 5.66. The highest BCUT2D eigenvalue weighted by Crippen LogP contribution is 2.15. The summed E-state index contributed by atoms with van der Waals surface area (Å²) in [6, 6.07) is 10.5. The van der Waals surface area contributed by atoms with E-state index in [-0.39, 0.29) is 6.09 Å². The number of nitrogens with zero attached hydrogens (tertiary/aromatic N) is 3. The smallest absolute Gasteiger partial charge is 0.409 e. The van der Waals surface area contributed by atoms with Gasteiger partial charge in [0.15, 0.2) is 5.96 Å². The number of aliphatic imine (C=N–C) groups is 1. The van der Waals surface area contributed by atoms with Crippen LogP contribution in [0.2, 0.25) is 0 Å². The predicted octanol–water partition coefficient (Wildman–Crippen LogP) is 2.53. The van der Waals surface area contributed by atoms with E-state index in [1.807, 2.05) is 13.0 Å². The zero-order valence-electron chi connectivity index (χ0n) is 15.6. The van der Waals surface area contributed by atoms with Crippen molar-refractivity contribution in [3.63, 3.8) is 0 Å². The van der Waals surface area contributed by atoms with Crippen molar-refractivity contribution in [2.24, 2.45) is 4.99 Å². The predicted molar refractivity (Wildman–Crippen MR) is 101 cm³/mol. The van der Waals surface area contributed by atoms with Gasteiger partial charge in [0.05, 0.1) is 6.61 Å². The lowest BCUT2D eigenvalue weighted by atomic mass is 10.0. The first kappa shape index (κ1) is 19.1. The van der Waals surface area contributed by atoms with Gasteiger partial charge >= 0.3 is 6.09 Å². The molecule has 1 aromatic carbocycles. The van der Waals surface area contributed by atoms with E-state index in [2.05, 4.69) is 48.3 Å². The van der Waals surface area contributed by atoms with Crippen molar-refractivity contribution in [3.8, 4) is 0 Å². The van der Waals surface area contributed by atoms with Crippen molar-refractivity contribution in [1.29, 1.82) is 0 Å². The Hall–Kier alpha value is -2.24. The second-order valence-electron chi connectivity index (χ2n) is 6.18. The maximum absolute atomic E-state index is 11.8. The van der Waals surface area contributed by atoms with Crippen LogP contribution in [0.4, 0.5) is 4.79 Å². The Labute approximate surface area is 150 Å². The summed E-state index contributed by atoms with van der Waals surface area (Å²) in [4.78, 5) is 20.6. The molecule has 1 N–H and O–H groups in total. The van der Waals surface area contributed by atoms with E-state index in [0.29, 0.717) is 25.6 Å². The van der Waals surface area contributed by atoms with Crippen molar-refractivity contribution in [3.05, 3.63) is 35.9 Å². The number of benzene rings is 1. The van der Waals surface area contributed by atoms with E-state index in [9.17, 15) is 4.79 Å². The lowest BCUT2D eigenvalue weighted by Crippen LogP contribution is -2.54. The van der Waals surface area contributed by atoms with Gasteiger partial charge in [0.2, 0.25) is 0 Å². The Bertz CT molecular complexity index is 554. The molecule has 2 rings (SSSR count). The largest absolute Gasteiger partial charge is 0.450 e. The Balaban J connectivity index is 1.93. The minimum Gasteiger partial charge on any atom is -0.450 e. The molecule has 1 amide bonds. The third-order valence-electron chi connectivity index (χ3n) is 4.32. The molecule has 0 aliphatic carbocycles. The molecular weight excluding hydrogens is 316 g/mol. The Morgan fingerprint density at radius 3 is 2.40 bits per heavy atom.